The minimum Gasteiger partial charge on any atom is -0.207 e. The SMILES string of the molecule is Fc1cccc(C2CCCCC2Br)c1. The summed E-state index contributed by atoms with van der Waals surface area (Å²) in [5.41, 5.74) is 1.14. The van der Waals surface area contributed by atoms with Gasteiger partial charge in [-0.25, -0.2) is 4.39 Å². The van der Waals surface area contributed by atoms with Gasteiger partial charge in [-0.2, -0.15) is 0 Å². The Morgan fingerprint density at radius 3 is 2.71 bits per heavy atom. The van der Waals surface area contributed by atoms with Crippen molar-refractivity contribution in [2.45, 2.75) is 36.4 Å². The average molecular weight is 257 g/mol. The van der Waals surface area contributed by atoms with Crippen LogP contribution < -0.4 is 0 Å². The molecule has 2 atom stereocenters. The fourth-order valence-corrected chi connectivity index (χ4v) is 3.09. The zero-order valence-electron chi connectivity index (χ0n) is 8.05. The maximum absolute atomic E-state index is 13.0. The van der Waals surface area contributed by atoms with Crippen LogP contribution in [0.4, 0.5) is 4.39 Å². The Balaban J connectivity index is 2.20. The van der Waals surface area contributed by atoms with Gasteiger partial charge in [0, 0.05) is 4.83 Å². The fraction of sp³-hybridized carbons (Fsp3) is 0.500. The summed E-state index contributed by atoms with van der Waals surface area (Å²) in [6.45, 7) is 0. The molecule has 1 aliphatic carbocycles. The molecule has 1 saturated carbocycles. The third kappa shape index (κ3) is 2.17. The van der Waals surface area contributed by atoms with Crippen LogP contribution in [0.5, 0.6) is 0 Å². The Bertz CT molecular complexity index is 311. The maximum atomic E-state index is 13.0. The van der Waals surface area contributed by atoms with Gasteiger partial charge in [-0.3, -0.25) is 0 Å². The first-order valence-electron chi connectivity index (χ1n) is 5.17. The van der Waals surface area contributed by atoms with E-state index in [0.717, 1.165) is 5.56 Å². The van der Waals surface area contributed by atoms with Crippen molar-refractivity contribution in [1.82, 2.24) is 0 Å². The van der Waals surface area contributed by atoms with E-state index in [2.05, 4.69) is 15.9 Å². The molecular weight excluding hydrogens is 243 g/mol. The van der Waals surface area contributed by atoms with E-state index in [1.165, 1.54) is 31.7 Å². The second kappa shape index (κ2) is 4.43. The summed E-state index contributed by atoms with van der Waals surface area (Å²) in [6.07, 6.45) is 4.95. The molecule has 0 bridgehead atoms. The first kappa shape index (κ1) is 10.2. The lowest BCUT2D eigenvalue weighted by Gasteiger charge is -2.27. The van der Waals surface area contributed by atoms with E-state index in [4.69, 9.17) is 0 Å². The standard InChI is InChI=1S/C12H14BrF/c13-12-7-2-1-6-11(12)9-4-3-5-10(14)8-9/h3-5,8,11-12H,1-2,6-7H2. The summed E-state index contributed by atoms with van der Waals surface area (Å²) in [6, 6.07) is 7.02. The molecule has 0 spiro atoms. The van der Waals surface area contributed by atoms with E-state index in [-0.39, 0.29) is 5.82 Å². The number of benzene rings is 1. The van der Waals surface area contributed by atoms with Crippen LogP contribution in [0.1, 0.15) is 37.2 Å². The van der Waals surface area contributed by atoms with Crippen LogP contribution in [0.3, 0.4) is 0 Å². The molecule has 1 fully saturated rings. The highest BCUT2D eigenvalue weighted by atomic mass is 79.9. The van der Waals surface area contributed by atoms with Gasteiger partial charge in [-0.15, -0.1) is 0 Å². The first-order chi connectivity index (χ1) is 6.77. The van der Waals surface area contributed by atoms with Crippen LogP contribution in [-0.2, 0) is 0 Å². The Morgan fingerprint density at radius 1 is 1.21 bits per heavy atom. The highest BCUT2D eigenvalue weighted by molar-refractivity contribution is 9.09. The number of hydrogen-bond donors (Lipinski definition) is 0. The largest absolute Gasteiger partial charge is 0.207 e. The van der Waals surface area contributed by atoms with Gasteiger partial charge in [0.2, 0.25) is 0 Å². The molecule has 2 rings (SSSR count). The van der Waals surface area contributed by atoms with Gasteiger partial charge < -0.3 is 0 Å². The molecule has 0 N–H and O–H groups in total. The van der Waals surface area contributed by atoms with Crippen molar-refractivity contribution in [2.75, 3.05) is 0 Å². The van der Waals surface area contributed by atoms with Crippen LogP contribution in [0, 0.1) is 5.82 Å². The van der Waals surface area contributed by atoms with E-state index < -0.39 is 0 Å². The van der Waals surface area contributed by atoms with Crippen LogP contribution in [0.15, 0.2) is 24.3 Å². The van der Waals surface area contributed by atoms with Crippen LogP contribution in [-0.4, -0.2) is 4.83 Å². The molecule has 1 aromatic carbocycles. The Morgan fingerprint density at radius 2 is 2.00 bits per heavy atom. The van der Waals surface area contributed by atoms with Crippen molar-refractivity contribution in [3.8, 4) is 0 Å². The van der Waals surface area contributed by atoms with Crippen LogP contribution >= 0.6 is 15.9 Å². The monoisotopic (exact) mass is 256 g/mol. The lowest BCUT2D eigenvalue weighted by molar-refractivity contribution is 0.459. The van der Waals surface area contributed by atoms with Gasteiger partial charge in [0.15, 0.2) is 0 Å². The summed E-state index contributed by atoms with van der Waals surface area (Å²) in [4.78, 5) is 0.526. The van der Waals surface area contributed by atoms with Crippen molar-refractivity contribution in [2.24, 2.45) is 0 Å². The van der Waals surface area contributed by atoms with Gasteiger partial charge in [0.25, 0.3) is 0 Å². The normalized spacial score (nSPS) is 27.6. The second-order valence-corrected chi connectivity index (χ2v) is 5.14. The summed E-state index contributed by atoms with van der Waals surface area (Å²) in [5.74, 6) is 0.382. The molecule has 0 amide bonds. The smallest absolute Gasteiger partial charge is 0.123 e. The number of halogens is 2. The Labute approximate surface area is 92.6 Å². The molecule has 1 aliphatic rings. The highest BCUT2D eigenvalue weighted by Gasteiger charge is 2.24. The number of rotatable bonds is 1. The predicted molar refractivity (Wildman–Crippen MR) is 60.3 cm³/mol. The summed E-state index contributed by atoms with van der Waals surface area (Å²) < 4.78 is 13.0. The van der Waals surface area contributed by atoms with E-state index in [9.17, 15) is 4.39 Å². The molecule has 14 heavy (non-hydrogen) atoms. The van der Waals surface area contributed by atoms with Crippen LogP contribution in [0.25, 0.3) is 0 Å². The molecule has 0 saturated heterocycles. The second-order valence-electron chi connectivity index (χ2n) is 3.96. The lowest BCUT2D eigenvalue weighted by atomic mass is 9.84. The van der Waals surface area contributed by atoms with E-state index in [0.29, 0.717) is 10.7 Å². The Kier molecular flexibility index (Phi) is 3.22. The van der Waals surface area contributed by atoms with E-state index in [1.54, 1.807) is 12.1 Å². The molecule has 2 heteroatoms. The average Bonchev–Trinajstić information content (AvgIpc) is 2.18. The minimum absolute atomic E-state index is 0.118. The van der Waals surface area contributed by atoms with Crippen molar-refractivity contribution >= 4 is 15.9 Å². The summed E-state index contributed by atoms with van der Waals surface area (Å²) in [5, 5.41) is 0. The molecule has 0 heterocycles. The topological polar surface area (TPSA) is 0 Å². The predicted octanol–water partition coefficient (Wildman–Crippen LogP) is 4.25. The van der Waals surface area contributed by atoms with E-state index in [1.807, 2.05) is 6.07 Å². The quantitative estimate of drug-likeness (QED) is 0.660. The number of hydrogen-bond acceptors (Lipinski definition) is 0. The van der Waals surface area contributed by atoms with Crippen molar-refractivity contribution in [3.63, 3.8) is 0 Å². The first-order valence-corrected chi connectivity index (χ1v) is 6.08. The summed E-state index contributed by atoms with van der Waals surface area (Å²) in [7, 11) is 0. The fourth-order valence-electron chi connectivity index (χ4n) is 2.20. The molecule has 76 valence electrons. The van der Waals surface area contributed by atoms with Gasteiger partial charge in [0.1, 0.15) is 5.82 Å². The maximum Gasteiger partial charge on any atom is 0.123 e. The molecule has 0 aromatic heterocycles. The van der Waals surface area contributed by atoms with Gasteiger partial charge >= 0.3 is 0 Å². The van der Waals surface area contributed by atoms with Gasteiger partial charge in [-0.1, -0.05) is 40.9 Å². The van der Waals surface area contributed by atoms with Crippen molar-refractivity contribution in [1.29, 1.82) is 0 Å². The molecular formula is C12H14BrF. The third-order valence-corrected chi connectivity index (χ3v) is 4.05. The van der Waals surface area contributed by atoms with Crippen molar-refractivity contribution in [3.05, 3.63) is 35.6 Å². The third-order valence-electron chi connectivity index (χ3n) is 2.96. The highest BCUT2D eigenvalue weighted by Crippen LogP contribution is 2.37. The molecule has 1 aromatic rings. The van der Waals surface area contributed by atoms with Gasteiger partial charge in [0.05, 0.1) is 0 Å². The zero-order valence-corrected chi connectivity index (χ0v) is 9.63. The van der Waals surface area contributed by atoms with Crippen molar-refractivity contribution < 1.29 is 4.39 Å². The zero-order chi connectivity index (χ0) is 9.97. The lowest BCUT2D eigenvalue weighted by Crippen LogP contribution is -2.17. The molecule has 2 unspecified atom stereocenters. The Hall–Kier alpha value is -0.370. The minimum atomic E-state index is -0.118. The van der Waals surface area contributed by atoms with E-state index >= 15 is 0 Å². The molecule has 0 nitrogen and oxygen atoms in total. The molecule has 0 aliphatic heterocycles. The van der Waals surface area contributed by atoms with Crippen LogP contribution in [0.2, 0.25) is 0 Å². The summed E-state index contributed by atoms with van der Waals surface area (Å²) >= 11 is 3.69. The number of alkyl halides is 1. The molecule has 0 radical (unpaired) electrons. The van der Waals surface area contributed by atoms with Gasteiger partial charge in [-0.05, 0) is 36.5 Å².